The minimum absolute atomic E-state index is 0. The maximum absolute atomic E-state index is 12.8. The predicted octanol–water partition coefficient (Wildman–Crippen LogP) is 2.35. The second kappa shape index (κ2) is 15.0. The molecule has 0 saturated carbocycles. The van der Waals surface area contributed by atoms with E-state index in [2.05, 4.69) is 41.5 Å². The quantitative estimate of drug-likeness (QED) is 0.275. The van der Waals surface area contributed by atoms with Gasteiger partial charge in [-0.2, -0.15) is 56.1 Å². The number of carboxylic acid groups (broad SMARTS) is 1. The monoisotopic (exact) mass is 498 g/mol. The number of aliphatic carboxylic acids is 1. The molecule has 0 amide bonds. The average molecular weight is 498 g/mol. The first-order chi connectivity index (χ1) is 16.1. The van der Waals surface area contributed by atoms with Crippen molar-refractivity contribution < 1.29 is 57.2 Å². The minimum atomic E-state index is -4.53. The Morgan fingerprint density at radius 1 is 1.29 bits per heavy atom. The molecule has 1 N–H and O–H groups in total. The summed E-state index contributed by atoms with van der Waals surface area (Å²) in [4.78, 5) is 20.6. The number of benzene rings is 1. The molecule has 0 aliphatic rings. The number of carboxylic acids is 1. The molecule has 3 aromatic rings. The van der Waals surface area contributed by atoms with Crippen molar-refractivity contribution in [1.29, 1.82) is 0 Å². The predicted molar refractivity (Wildman–Crippen MR) is 120 cm³/mol. The summed E-state index contributed by atoms with van der Waals surface area (Å²) < 4.78 is 43.6. The molecule has 0 bridgehead atoms. The molecular formula is C24H26F3N4NaO3-2. The van der Waals surface area contributed by atoms with Gasteiger partial charge in [0, 0.05) is 18.3 Å². The molecular weight excluding hydrogens is 472 g/mol. The van der Waals surface area contributed by atoms with Gasteiger partial charge in [-0.25, -0.2) is 0 Å². The van der Waals surface area contributed by atoms with E-state index >= 15 is 0 Å². The molecule has 3 rings (SSSR count). The molecule has 0 atom stereocenters. The van der Waals surface area contributed by atoms with Crippen LogP contribution < -0.4 is 29.6 Å². The fourth-order valence-corrected chi connectivity index (χ4v) is 2.84. The van der Waals surface area contributed by atoms with Crippen molar-refractivity contribution in [2.24, 2.45) is 0 Å². The van der Waals surface area contributed by atoms with Gasteiger partial charge in [-0.05, 0) is 19.2 Å². The zero-order valence-electron chi connectivity index (χ0n) is 20.0. The largest absolute Gasteiger partial charge is 1.00 e. The summed E-state index contributed by atoms with van der Waals surface area (Å²) in [5.74, 6) is -0.836. The first kappa shape index (κ1) is 30.8. The Hall–Kier alpha value is -2.27. The molecule has 35 heavy (non-hydrogen) atoms. The molecule has 0 aliphatic heterocycles. The number of halogens is 3. The molecule has 7 nitrogen and oxygen atoms in total. The first-order valence-corrected chi connectivity index (χ1v) is 10.5. The van der Waals surface area contributed by atoms with Crippen LogP contribution in [0.25, 0.3) is 22.8 Å². The molecule has 0 saturated heterocycles. The van der Waals surface area contributed by atoms with Crippen LogP contribution in [0, 0.1) is 19.4 Å². The number of pyridine rings is 1. The van der Waals surface area contributed by atoms with Gasteiger partial charge in [0.25, 0.3) is 0 Å². The molecule has 11 heteroatoms. The fourth-order valence-electron chi connectivity index (χ4n) is 2.84. The van der Waals surface area contributed by atoms with E-state index in [9.17, 15) is 18.0 Å². The van der Waals surface area contributed by atoms with Crippen LogP contribution in [0.4, 0.5) is 13.2 Å². The van der Waals surface area contributed by atoms with Crippen molar-refractivity contribution in [2.75, 3.05) is 13.6 Å². The Morgan fingerprint density at radius 3 is 2.63 bits per heavy atom. The van der Waals surface area contributed by atoms with Crippen LogP contribution in [-0.2, 0) is 17.5 Å². The van der Waals surface area contributed by atoms with E-state index in [1.54, 1.807) is 24.1 Å². The van der Waals surface area contributed by atoms with Gasteiger partial charge in [0.2, 0.25) is 11.7 Å². The van der Waals surface area contributed by atoms with Crippen molar-refractivity contribution in [3.8, 4) is 22.8 Å². The summed E-state index contributed by atoms with van der Waals surface area (Å²) in [6.45, 7) is 5.92. The van der Waals surface area contributed by atoms with Gasteiger partial charge in [0.05, 0.1) is 12.2 Å². The summed E-state index contributed by atoms with van der Waals surface area (Å²) in [5, 5.41) is 12.6. The Bertz CT molecular complexity index is 1060. The van der Waals surface area contributed by atoms with Gasteiger partial charge < -0.3 is 23.0 Å². The second-order valence-corrected chi connectivity index (χ2v) is 7.42. The number of likely N-dealkylation sites (N-methyl/N-ethyl adjacent to an activating group) is 1. The van der Waals surface area contributed by atoms with Gasteiger partial charge in [-0.15, -0.1) is 12.5 Å². The van der Waals surface area contributed by atoms with E-state index in [4.69, 9.17) is 9.63 Å². The van der Waals surface area contributed by atoms with Crippen LogP contribution in [0.3, 0.4) is 0 Å². The SMILES string of the molecule is CN(CC(=O)O)Cc1cc(-c2noc(-c3cc[c-]c(C(F)(F)F)c3)n2)ccn1.[CH2-]CCC[CH-]C.[Na+]. The number of carbonyl (C=O) groups is 1. The maximum Gasteiger partial charge on any atom is 1.00 e. The number of hydrogen-bond donors (Lipinski definition) is 1. The molecule has 184 valence electrons. The summed E-state index contributed by atoms with van der Waals surface area (Å²) in [6.07, 6.45) is 2.70. The van der Waals surface area contributed by atoms with Crippen molar-refractivity contribution in [3.05, 3.63) is 67.2 Å². The Kier molecular flexibility index (Phi) is 13.2. The Balaban J connectivity index is 0.000000780. The van der Waals surface area contributed by atoms with E-state index in [0.717, 1.165) is 18.6 Å². The zero-order chi connectivity index (χ0) is 25.1. The summed E-state index contributed by atoms with van der Waals surface area (Å²) in [7, 11) is 1.64. The molecule has 0 fully saturated rings. The van der Waals surface area contributed by atoms with Crippen LogP contribution in [0.2, 0.25) is 0 Å². The Morgan fingerprint density at radius 2 is 2.03 bits per heavy atom. The van der Waals surface area contributed by atoms with Crippen LogP contribution in [0.15, 0.2) is 41.1 Å². The number of aromatic nitrogens is 3. The smallest absolute Gasteiger partial charge is 0.480 e. The summed E-state index contributed by atoms with van der Waals surface area (Å²) in [5.41, 5.74) is 0.321. The van der Waals surface area contributed by atoms with Gasteiger partial charge in [-0.3, -0.25) is 14.7 Å². The number of rotatable bonds is 9. The Labute approximate surface area is 225 Å². The first-order valence-electron chi connectivity index (χ1n) is 10.5. The third-order valence-corrected chi connectivity index (χ3v) is 4.43. The van der Waals surface area contributed by atoms with Crippen LogP contribution in [0.5, 0.6) is 0 Å². The molecule has 0 aliphatic carbocycles. The number of alkyl halides is 3. The van der Waals surface area contributed by atoms with Gasteiger partial charge >= 0.3 is 41.7 Å². The minimum Gasteiger partial charge on any atom is -0.480 e. The van der Waals surface area contributed by atoms with Crippen molar-refractivity contribution in [1.82, 2.24) is 20.0 Å². The van der Waals surface area contributed by atoms with Crippen molar-refractivity contribution in [2.45, 2.75) is 38.9 Å². The van der Waals surface area contributed by atoms with Crippen LogP contribution in [-0.4, -0.2) is 44.7 Å². The van der Waals surface area contributed by atoms with E-state index in [0.29, 0.717) is 11.3 Å². The normalized spacial score (nSPS) is 10.9. The third kappa shape index (κ3) is 10.5. The molecule has 2 aromatic heterocycles. The van der Waals surface area contributed by atoms with Crippen molar-refractivity contribution in [3.63, 3.8) is 0 Å². The van der Waals surface area contributed by atoms with E-state index in [-0.39, 0.29) is 59.9 Å². The van der Waals surface area contributed by atoms with E-state index < -0.39 is 17.7 Å². The van der Waals surface area contributed by atoms with Gasteiger partial charge in [0.1, 0.15) is 0 Å². The van der Waals surface area contributed by atoms with Gasteiger partial charge in [0.15, 0.2) is 0 Å². The van der Waals surface area contributed by atoms with Crippen LogP contribution in [0.1, 0.15) is 37.4 Å². The third-order valence-electron chi connectivity index (χ3n) is 4.43. The fraction of sp³-hybridized carbons (Fsp3) is 0.333. The molecule has 1 aromatic carbocycles. The second-order valence-electron chi connectivity index (χ2n) is 7.42. The van der Waals surface area contributed by atoms with Gasteiger partial charge in [-0.1, -0.05) is 16.3 Å². The van der Waals surface area contributed by atoms with Crippen LogP contribution >= 0.6 is 0 Å². The van der Waals surface area contributed by atoms with E-state index in [1.807, 2.05) is 0 Å². The standard InChI is InChI=1S/C18H14F3N4O3.C6H12.Na/c1-25(10-15(26)27)9-14-8-11(5-6-22-14)16-23-17(28-24-16)12-3-2-4-13(7-12)18(19,20)21;1-3-5-6-4-2;/h2-3,5-8H,9-10H2,1H3,(H,26,27);4H,1,3,5-6H2,2H3;/q-1;-2;+1. The molecule has 0 spiro atoms. The van der Waals surface area contributed by atoms with Crippen molar-refractivity contribution >= 4 is 5.97 Å². The topological polar surface area (TPSA) is 92.4 Å². The molecule has 0 unspecified atom stereocenters. The molecule has 2 heterocycles. The number of unbranched alkanes of at least 4 members (excludes halogenated alkanes) is 3. The molecule has 0 radical (unpaired) electrons. The average Bonchev–Trinajstić information content (AvgIpc) is 3.28. The maximum atomic E-state index is 12.8. The number of hydrogen-bond acceptors (Lipinski definition) is 6. The zero-order valence-corrected chi connectivity index (χ0v) is 22.0. The van der Waals surface area contributed by atoms with E-state index in [1.165, 1.54) is 25.1 Å². The summed E-state index contributed by atoms with van der Waals surface area (Å²) in [6, 6.07) is 8.83. The summed E-state index contributed by atoms with van der Waals surface area (Å²) >= 11 is 0. The number of nitrogens with zero attached hydrogens (tertiary/aromatic N) is 4.